The lowest BCUT2D eigenvalue weighted by Gasteiger charge is -2.31. The maximum absolute atomic E-state index is 5.63. The van der Waals surface area contributed by atoms with Crippen LogP contribution < -0.4 is 10.1 Å². The summed E-state index contributed by atoms with van der Waals surface area (Å²) in [5.74, 6) is 0.974. The second kappa shape index (κ2) is 7.65. The van der Waals surface area contributed by atoms with E-state index in [1.165, 1.54) is 31.5 Å². The fraction of sp³-hybridized carbons (Fsp3) is 0.647. The molecular formula is C17H28N2O. The highest BCUT2D eigenvalue weighted by molar-refractivity contribution is 5.29. The van der Waals surface area contributed by atoms with E-state index in [2.05, 4.69) is 55.4 Å². The molecular weight excluding hydrogens is 248 g/mol. The van der Waals surface area contributed by atoms with Gasteiger partial charge in [-0.2, -0.15) is 0 Å². The first-order valence-electron chi connectivity index (χ1n) is 7.86. The maximum atomic E-state index is 5.63. The van der Waals surface area contributed by atoms with E-state index in [1.807, 2.05) is 0 Å². The second-order valence-corrected chi connectivity index (χ2v) is 5.88. The lowest BCUT2D eigenvalue weighted by Crippen LogP contribution is -2.41. The maximum Gasteiger partial charge on any atom is 0.119 e. The highest BCUT2D eigenvalue weighted by Gasteiger charge is 2.18. The minimum absolute atomic E-state index is 0.406. The van der Waals surface area contributed by atoms with Crippen molar-refractivity contribution in [3.63, 3.8) is 0 Å². The summed E-state index contributed by atoms with van der Waals surface area (Å²) < 4.78 is 5.63. The van der Waals surface area contributed by atoms with Crippen molar-refractivity contribution in [3.8, 4) is 5.75 Å². The van der Waals surface area contributed by atoms with Crippen LogP contribution in [0.2, 0.25) is 0 Å². The summed E-state index contributed by atoms with van der Waals surface area (Å²) in [4.78, 5) is 2.41. The van der Waals surface area contributed by atoms with Crippen LogP contribution in [0.4, 0.5) is 0 Å². The molecule has 1 N–H and O–H groups in total. The third-order valence-corrected chi connectivity index (χ3v) is 4.06. The van der Waals surface area contributed by atoms with Gasteiger partial charge in [0.2, 0.25) is 0 Å². The summed E-state index contributed by atoms with van der Waals surface area (Å²) in [7, 11) is 2.20. The van der Waals surface area contributed by atoms with Gasteiger partial charge in [0.05, 0.1) is 6.61 Å². The zero-order chi connectivity index (χ0) is 14.4. The Morgan fingerprint density at radius 3 is 2.50 bits per heavy atom. The van der Waals surface area contributed by atoms with Crippen LogP contribution in [-0.4, -0.2) is 37.7 Å². The number of piperidine rings is 1. The molecule has 1 fully saturated rings. The number of rotatable bonds is 6. The van der Waals surface area contributed by atoms with Gasteiger partial charge in [-0.1, -0.05) is 19.1 Å². The minimum Gasteiger partial charge on any atom is -0.494 e. The SMILES string of the molecule is CCCOc1ccc(C(C)NC2CCN(C)CC2)cc1. The van der Waals surface area contributed by atoms with Crippen LogP contribution in [0.15, 0.2) is 24.3 Å². The smallest absolute Gasteiger partial charge is 0.119 e. The molecule has 0 bridgehead atoms. The first kappa shape index (κ1) is 15.3. The van der Waals surface area contributed by atoms with E-state index in [0.717, 1.165) is 18.8 Å². The molecule has 1 aliphatic rings. The molecule has 0 spiro atoms. The van der Waals surface area contributed by atoms with Crippen LogP contribution in [0.5, 0.6) is 5.75 Å². The highest BCUT2D eigenvalue weighted by atomic mass is 16.5. The van der Waals surface area contributed by atoms with Gasteiger partial charge in [0, 0.05) is 12.1 Å². The normalized spacial score (nSPS) is 18.9. The third kappa shape index (κ3) is 4.50. The van der Waals surface area contributed by atoms with Gasteiger partial charge in [-0.25, -0.2) is 0 Å². The molecule has 0 saturated carbocycles. The molecule has 0 amide bonds. The number of likely N-dealkylation sites (tertiary alicyclic amines) is 1. The van der Waals surface area contributed by atoms with Gasteiger partial charge in [0.1, 0.15) is 5.75 Å². The Morgan fingerprint density at radius 2 is 1.90 bits per heavy atom. The molecule has 0 radical (unpaired) electrons. The largest absolute Gasteiger partial charge is 0.494 e. The van der Waals surface area contributed by atoms with Crippen molar-refractivity contribution in [2.75, 3.05) is 26.7 Å². The molecule has 1 heterocycles. The van der Waals surface area contributed by atoms with Gasteiger partial charge < -0.3 is 15.0 Å². The van der Waals surface area contributed by atoms with E-state index >= 15 is 0 Å². The fourth-order valence-electron chi connectivity index (χ4n) is 2.70. The van der Waals surface area contributed by atoms with Crippen molar-refractivity contribution in [2.45, 2.75) is 45.2 Å². The molecule has 1 aromatic carbocycles. The van der Waals surface area contributed by atoms with Gasteiger partial charge >= 0.3 is 0 Å². The predicted molar refractivity (Wildman–Crippen MR) is 84.3 cm³/mol. The van der Waals surface area contributed by atoms with Crippen molar-refractivity contribution in [3.05, 3.63) is 29.8 Å². The Kier molecular flexibility index (Phi) is 5.86. The summed E-state index contributed by atoms with van der Waals surface area (Å²) in [5, 5.41) is 3.75. The third-order valence-electron chi connectivity index (χ3n) is 4.06. The highest BCUT2D eigenvalue weighted by Crippen LogP contribution is 2.20. The molecule has 1 aliphatic heterocycles. The molecule has 20 heavy (non-hydrogen) atoms. The van der Waals surface area contributed by atoms with E-state index in [4.69, 9.17) is 4.74 Å². The number of hydrogen-bond acceptors (Lipinski definition) is 3. The van der Waals surface area contributed by atoms with Crippen LogP contribution in [0, 0.1) is 0 Å². The summed E-state index contributed by atoms with van der Waals surface area (Å²) in [6, 6.07) is 9.58. The Hall–Kier alpha value is -1.06. The topological polar surface area (TPSA) is 24.5 Å². The minimum atomic E-state index is 0.406. The molecule has 2 rings (SSSR count). The molecule has 0 aromatic heterocycles. The predicted octanol–water partition coefficient (Wildman–Crippen LogP) is 3.22. The Bertz CT molecular complexity index is 382. The van der Waals surface area contributed by atoms with Crippen molar-refractivity contribution in [1.82, 2.24) is 10.2 Å². The zero-order valence-corrected chi connectivity index (χ0v) is 13.1. The Balaban J connectivity index is 1.84. The number of nitrogens with zero attached hydrogens (tertiary/aromatic N) is 1. The standard InChI is InChI=1S/C17H28N2O/c1-4-13-20-17-7-5-15(6-8-17)14(2)18-16-9-11-19(3)12-10-16/h5-8,14,16,18H,4,9-13H2,1-3H3. The first-order chi connectivity index (χ1) is 9.69. The van der Waals surface area contributed by atoms with E-state index in [0.29, 0.717) is 12.1 Å². The Labute approximate surface area is 123 Å². The van der Waals surface area contributed by atoms with Crippen molar-refractivity contribution < 1.29 is 4.74 Å². The van der Waals surface area contributed by atoms with Crippen LogP contribution in [0.1, 0.15) is 44.7 Å². The van der Waals surface area contributed by atoms with E-state index in [9.17, 15) is 0 Å². The number of hydrogen-bond donors (Lipinski definition) is 1. The van der Waals surface area contributed by atoms with E-state index in [-0.39, 0.29) is 0 Å². The van der Waals surface area contributed by atoms with Crippen molar-refractivity contribution in [2.24, 2.45) is 0 Å². The number of ether oxygens (including phenoxy) is 1. The fourth-order valence-corrected chi connectivity index (χ4v) is 2.70. The first-order valence-corrected chi connectivity index (χ1v) is 7.86. The zero-order valence-electron chi connectivity index (χ0n) is 13.1. The summed E-state index contributed by atoms with van der Waals surface area (Å²) in [5.41, 5.74) is 1.34. The van der Waals surface area contributed by atoms with Gasteiger partial charge in [0.25, 0.3) is 0 Å². The van der Waals surface area contributed by atoms with Gasteiger partial charge in [-0.05, 0) is 64.0 Å². The molecule has 1 atom stereocenters. The summed E-state index contributed by atoms with van der Waals surface area (Å²) in [6.07, 6.45) is 3.55. The molecule has 3 heteroatoms. The van der Waals surface area contributed by atoms with Gasteiger partial charge in [-0.3, -0.25) is 0 Å². The molecule has 0 aliphatic carbocycles. The molecule has 1 saturated heterocycles. The number of nitrogens with one attached hydrogen (secondary N) is 1. The molecule has 1 aromatic rings. The lowest BCUT2D eigenvalue weighted by atomic mass is 10.0. The van der Waals surface area contributed by atoms with E-state index < -0.39 is 0 Å². The quantitative estimate of drug-likeness (QED) is 0.863. The monoisotopic (exact) mass is 276 g/mol. The van der Waals surface area contributed by atoms with Crippen molar-refractivity contribution >= 4 is 0 Å². The van der Waals surface area contributed by atoms with Crippen molar-refractivity contribution in [1.29, 1.82) is 0 Å². The average Bonchev–Trinajstić information content (AvgIpc) is 2.48. The van der Waals surface area contributed by atoms with Crippen LogP contribution >= 0.6 is 0 Å². The van der Waals surface area contributed by atoms with Crippen LogP contribution in [-0.2, 0) is 0 Å². The second-order valence-electron chi connectivity index (χ2n) is 5.88. The van der Waals surface area contributed by atoms with Crippen LogP contribution in [0.25, 0.3) is 0 Å². The molecule has 112 valence electrons. The molecule has 1 unspecified atom stereocenters. The average molecular weight is 276 g/mol. The summed E-state index contributed by atoms with van der Waals surface area (Å²) >= 11 is 0. The Morgan fingerprint density at radius 1 is 1.25 bits per heavy atom. The van der Waals surface area contributed by atoms with Crippen LogP contribution in [0.3, 0.4) is 0 Å². The van der Waals surface area contributed by atoms with Gasteiger partial charge in [0.15, 0.2) is 0 Å². The molecule has 3 nitrogen and oxygen atoms in total. The number of benzene rings is 1. The van der Waals surface area contributed by atoms with E-state index in [1.54, 1.807) is 0 Å². The lowest BCUT2D eigenvalue weighted by molar-refractivity contribution is 0.226. The van der Waals surface area contributed by atoms with Gasteiger partial charge in [-0.15, -0.1) is 0 Å². The summed E-state index contributed by atoms with van der Waals surface area (Å²) in [6.45, 7) is 7.58.